The predicted molar refractivity (Wildman–Crippen MR) is 142 cm³/mol. The van der Waals surface area contributed by atoms with E-state index in [-0.39, 0.29) is 37.8 Å². The van der Waals surface area contributed by atoms with Crippen molar-refractivity contribution in [3.63, 3.8) is 0 Å². The number of hydrogen-bond acceptors (Lipinski definition) is 8. The summed E-state index contributed by atoms with van der Waals surface area (Å²) in [6.07, 6.45) is -3.49. The number of nitro benzene ring substituents is 1. The highest BCUT2D eigenvalue weighted by Gasteiger charge is 2.35. The Balaban J connectivity index is 1.49. The molecule has 0 saturated carbocycles. The molecular weight excluding hydrogens is 584 g/mol. The summed E-state index contributed by atoms with van der Waals surface area (Å²) in [5.74, 6) is -2.99. The minimum absolute atomic E-state index is 0.0580. The van der Waals surface area contributed by atoms with Crippen LogP contribution >= 0.6 is 11.3 Å². The van der Waals surface area contributed by atoms with Crippen molar-refractivity contribution in [1.82, 2.24) is 14.8 Å². The van der Waals surface area contributed by atoms with Gasteiger partial charge in [-0.3, -0.25) is 19.7 Å². The number of nitrogens with two attached hydrogens (primary N) is 1. The Labute approximate surface area is 236 Å². The lowest BCUT2D eigenvalue weighted by atomic mass is 10.0. The van der Waals surface area contributed by atoms with Gasteiger partial charge in [0.05, 0.1) is 10.6 Å². The van der Waals surface area contributed by atoms with Gasteiger partial charge < -0.3 is 15.8 Å². The van der Waals surface area contributed by atoms with Gasteiger partial charge in [-0.15, -0.1) is 11.3 Å². The minimum atomic E-state index is -4.79. The van der Waals surface area contributed by atoms with E-state index in [1.54, 1.807) is 30.3 Å². The van der Waals surface area contributed by atoms with Gasteiger partial charge in [-0.1, -0.05) is 30.3 Å². The van der Waals surface area contributed by atoms with E-state index in [1.165, 1.54) is 12.3 Å². The Hall–Kier alpha value is -5.38. The molecule has 214 valence electrons. The molecule has 42 heavy (non-hydrogen) atoms. The number of ether oxygens (including phenoxy) is 1. The normalized spacial score (nSPS) is 11.4. The van der Waals surface area contributed by atoms with Gasteiger partial charge in [0.25, 0.3) is 11.8 Å². The number of nitrogens with zero attached hydrogens (tertiary/aromatic N) is 4. The number of nitro groups is 1. The lowest BCUT2D eigenvalue weighted by Crippen LogP contribution is -2.18. The molecule has 0 atom stereocenters. The van der Waals surface area contributed by atoms with Crippen LogP contribution in [0.15, 0.2) is 66.9 Å². The number of rotatable bonds is 8. The molecule has 16 heteroatoms. The molecule has 0 saturated heterocycles. The average molecular weight is 601 g/mol. The first-order chi connectivity index (χ1) is 19.9. The summed E-state index contributed by atoms with van der Waals surface area (Å²) in [5.41, 5.74) is 3.91. The van der Waals surface area contributed by atoms with E-state index in [9.17, 15) is 37.3 Å². The second kappa shape index (κ2) is 10.9. The highest BCUT2D eigenvalue weighted by Crippen LogP contribution is 2.43. The van der Waals surface area contributed by atoms with Gasteiger partial charge in [0.2, 0.25) is 5.75 Å². The fourth-order valence-corrected chi connectivity index (χ4v) is 5.01. The summed E-state index contributed by atoms with van der Waals surface area (Å²) in [6.45, 7) is -0.437. The van der Waals surface area contributed by atoms with Crippen LogP contribution in [0.1, 0.15) is 25.9 Å². The molecule has 2 aromatic carbocycles. The summed E-state index contributed by atoms with van der Waals surface area (Å²) < 4.78 is 61.0. The van der Waals surface area contributed by atoms with Crippen LogP contribution in [-0.2, 0) is 12.9 Å². The third-order valence-corrected chi connectivity index (χ3v) is 6.94. The third kappa shape index (κ3) is 5.60. The molecule has 0 aliphatic heterocycles. The number of carbonyl (C=O) groups is 2. The zero-order valence-electron chi connectivity index (χ0n) is 20.9. The number of anilines is 1. The van der Waals surface area contributed by atoms with Crippen LogP contribution in [0.2, 0.25) is 0 Å². The third-order valence-electron chi connectivity index (χ3n) is 5.84. The Bertz CT molecular complexity index is 1860. The monoisotopic (exact) mass is 600 g/mol. The molecule has 0 aliphatic rings. The highest BCUT2D eigenvalue weighted by molar-refractivity contribution is 7.21. The van der Waals surface area contributed by atoms with E-state index in [2.05, 4.69) is 15.4 Å². The number of halogens is 4. The van der Waals surface area contributed by atoms with Crippen molar-refractivity contribution in [1.29, 1.82) is 0 Å². The van der Waals surface area contributed by atoms with E-state index >= 15 is 0 Å². The number of carbonyl (C=O) groups excluding carboxylic acids is 2. The minimum Gasteiger partial charge on any atom is -0.464 e. The first kappa shape index (κ1) is 28.2. The number of hydrogen-bond donors (Lipinski definition) is 2. The SMILES string of the molecule is NC(=O)c1sc2nc(C(F)(F)F)cc(-c3ccccc3)c2c1NC(=O)c1ccn(COc2cc(F)ccc2[N+](=O)[O-])n1. The van der Waals surface area contributed by atoms with Gasteiger partial charge in [-0.05, 0) is 29.3 Å². The molecule has 3 aromatic heterocycles. The first-order valence-electron chi connectivity index (χ1n) is 11.7. The largest absolute Gasteiger partial charge is 0.464 e. The Kier molecular flexibility index (Phi) is 7.30. The number of fused-ring (bicyclic) bond motifs is 1. The van der Waals surface area contributed by atoms with Gasteiger partial charge in [-0.2, -0.15) is 18.3 Å². The topological polar surface area (TPSA) is 155 Å². The molecule has 0 spiro atoms. The Morgan fingerprint density at radius 2 is 1.86 bits per heavy atom. The summed E-state index contributed by atoms with van der Waals surface area (Å²) in [5, 5.41) is 17.8. The number of amides is 2. The zero-order chi connectivity index (χ0) is 30.2. The molecule has 0 radical (unpaired) electrons. The van der Waals surface area contributed by atoms with Crippen molar-refractivity contribution in [3.05, 3.63) is 99.1 Å². The number of benzene rings is 2. The van der Waals surface area contributed by atoms with Crippen molar-refractivity contribution in [2.75, 3.05) is 5.32 Å². The molecule has 3 N–H and O–H groups in total. The molecule has 0 unspecified atom stereocenters. The second-order valence-electron chi connectivity index (χ2n) is 8.61. The highest BCUT2D eigenvalue weighted by atomic mass is 32.1. The molecule has 5 aromatic rings. The first-order valence-corrected chi connectivity index (χ1v) is 12.6. The Morgan fingerprint density at radius 1 is 1.12 bits per heavy atom. The number of alkyl halides is 3. The molecular formula is C26H16F4N6O5S. The predicted octanol–water partition coefficient (Wildman–Crippen LogP) is 5.61. The van der Waals surface area contributed by atoms with E-state index in [0.29, 0.717) is 16.9 Å². The summed E-state index contributed by atoms with van der Waals surface area (Å²) in [6, 6.07) is 12.8. The van der Waals surface area contributed by atoms with Gasteiger partial charge in [0.15, 0.2) is 12.4 Å². The van der Waals surface area contributed by atoms with Crippen LogP contribution in [0.5, 0.6) is 5.75 Å². The number of nitrogens with one attached hydrogen (secondary N) is 1. The van der Waals surface area contributed by atoms with Crippen LogP contribution in [0.25, 0.3) is 21.3 Å². The fraction of sp³-hybridized carbons (Fsp3) is 0.0769. The zero-order valence-corrected chi connectivity index (χ0v) is 21.7. The summed E-state index contributed by atoms with van der Waals surface area (Å²) in [7, 11) is 0. The molecule has 0 fully saturated rings. The van der Waals surface area contributed by atoms with Crippen molar-refractivity contribution in [2.45, 2.75) is 12.9 Å². The molecule has 0 bridgehead atoms. The smallest absolute Gasteiger partial charge is 0.433 e. The van der Waals surface area contributed by atoms with Gasteiger partial charge >= 0.3 is 11.9 Å². The quantitative estimate of drug-likeness (QED) is 0.133. The number of thiophene rings is 1. The second-order valence-corrected chi connectivity index (χ2v) is 9.61. The van der Waals surface area contributed by atoms with E-state index in [1.807, 2.05) is 0 Å². The van der Waals surface area contributed by atoms with Gasteiger partial charge in [0, 0.05) is 23.7 Å². The van der Waals surface area contributed by atoms with Crippen molar-refractivity contribution in [2.24, 2.45) is 5.73 Å². The average Bonchev–Trinajstić information content (AvgIpc) is 3.56. The van der Waals surface area contributed by atoms with Crippen LogP contribution in [0, 0.1) is 15.9 Å². The fourth-order valence-electron chi connectivity index (χ4n) is 4.00. The summed E-state index contributed by atoms with van der Waals surface area (Å²) >= 11 is 0.592. The maximum Gasteiger partial charge on any atom is 0.433 e. The maximum atomic E-state index is 13.7. The standard InChI is InChI=1S/C26H16F4N6O5S/c27-14-6-7-17(36(39)40)18(10-14)41-12-35-9-8-16(34-35)24(38)33-21-20-15(13-4-2-1-3-5-13)11-19(26(28,29)30)32-25(20)42-22(21)23(31)37/h1-11H,12H2,(H2,31,37)(H,33,38). The molecule has 0 aliphatic carbocycles. The maximum absolute atomic E-state index is 13.7. The summed E-state index contributed by atoms with van der Waals surface area (Å²) in [4.78, 5) is 39.1. The van der Waals surface area contributed by atoms with Crippen molar-refractivity contribution < 1.29 is 36.8 Å². The molecule has 2 amide bonds. The van der Waals surface area contributed by atoms with Gasteiger partial charge in [0.1, 0.15) is 21.2 Å². The van der Waals surface area contributed by atoms with Gasteiger partial charge in [-0.25, -0.2) is 14.1 Å². The number of primary amides is 1. The number of pyridine rings is 1. The lowest BCUT2D eigenvalue weighted by Gasteiger charge is -2.12. The van der Waals surface area contributed by atoms with Crippen LogP contribution in [-0.4, -0.2) is 31.5 Å². The van der Waals surface area contributed by atoms with Crippen molar-refractivity contribution >= 4 is 44.7 Å². The van der Waals surface area contributed by atoms with E-state index < -0.39 is 46.8 Å². The van der Waals surface area contributed by atoms with Crippen LogP contribution in [0.3, 0.4) is 0 Å². The Morgan fingerprint density at radius 3 is 2.52 bits per heavy atom. The van der Waals surface area contributed by atoms with Crippen molar-refractivity contribution in [3.8, 4) is 16.9 Å². The number of aromatic nitrogens is 3. The van der Waals surface area contributed by atoms with Crippen LogP contribution in [0.4, 0.5) is 28.9 Å². The molecule has 5 rings (SSSR count). The van der Waals surface area contributed by atoms with Crippen LogP contribution < -0.4 is 15.8 Å². The molecule has 11 nitrogen and oxygen atoms in total. The van der Waals surface area contributed by atoms with E-state index in [4.69, 9.17) is 10.5 Å². The lowest BCUT2D eigenvalue weighted by molar-refractivity contribution is -0.386. The molecule has 3 heterocycles. The van der Waals surface area contributed by atoms with E-state index in [0.717, 1.165) is 28.9 Å².